The summed E-state index contributed by atoms with van der Waals surface area (Å²) in [5, 5.41) is 3.13. The lowest BCUT2D eigenvalue weighted by molar-refractivity contribution is 0.321. The third kappa shape index (κ3) is 2.47. The molecule has 1 aromatic carbocycles. The van der Waals surface area contributed by atoms with Crippen molar-refractivity contribution in [3.63, 3.8) is 0 Å². The quantitative estimate of drug-likeness (QED) is 0.843. The van der Waals surface area contributed by atoms with E-state index in [1.807, 2.05) is 7.05 Å². The third-order valence-electron chi connectivity index (χ3n) is 3.17. The number of anilines is 1. The molecule has 0 bridgehead atoms. The van der Waals surface area contributed by atoms with Crippen LogP contribution in [0.15, 0.2) is 18.2 Å². The highest BCUT2D eigenvalue weighted by Crippen LogP contribution is 2.25. The zero-order valence-electron chi connectivity index (χ0n) is 10.1. The summed E-state index contributed by atoms with van der Waals surface area (Å²) < 4.78 is 5.43. The van der Waals surface area contributed by atoms with Crippen LogP contribution in [-0.2, 0) is 6.54 Å². The van der Waals surface area contributed by atoms with Crippen molar-refractivity contribution < 1.29 is 4.74 Å². The van der Waals surface area contributed by atoms with E-state index in [0.717, 1.165) is 18.0 Å². The fourth-order valence-electron chi connectivity index (χ4n) is 2.21. The summed E-state index contributed by atoms with van der Waals surface area (Å²) >= 11 is 0. The van der Waals surface area contributed by atoms with Crippen molar-refractivity contribution in [3.8, 4) is 5.75 Å². The van der Waals surface area contributed by atoms with Gasteiger partial charge in [0.25, 0.3) is 0 Å². The van der Waals surface area contributed by atoms with Crippen LogP contribution in [0.2, 0.25) is 0 Å². The average Bonchev–Trinajstić information content (AvgIpc) is 2.82. The SMILES string of the molecule is CNc1ccc(CN2CCCC2)c(OC)c1. The molecule has 0 unspecified atom stereocenters. The molecule has 1 N–H and O–H groups in total. The van der Waals surface area contributed by atoms with E-state index in [1.54, 1.807) is 7.11 Å². The van der Waals surface area contributed by atoms with Crippen LogP contribution in [0.3, 0.4) is 0 Å². The Hall–Kier alpha value is -1.22. The van der Waals surface area contributed by atoms with E-state index in [-0.39, 0.29) is 0 Å². The van der Waals surface area contributed by atoms with E-state index in [1.165, 1.54) is 31.5 Å². The van der Waals surface area contributed by atoms with Crippen LogP contribution >= 0.6 is 0 Å². The molecule has 1 aliphatic heterocycles. The maximum Gasteiger partial charge on any atom is 0.125 e. The first-order chi connectivity index (χ1) is 7.83. The number of hydrogen-bond acceptors (Lipinski definition) is 3. The number of likely N-dealkylation sites (tertiary alicyclic amines) is 1. The second kappa shape index (κ2) is 5.21. The molecule has 3 heteroatoms. The Bertz CT molecular complexity index is 346. The molecule has 0 aromatic heterocycles. The van der Waals surface area contributed by atoms with Crippen LogP contribution in [0.25, 0.3) is 0 Å². The van der Waals surface area contributed by atoms with Gasteiger partial charge in [-0.25, -0.2) is 0 Å². The number of nitrogens with one attached hydrogen (secondary N) is 1. The van der Waals surface area contributed by atoms with Gasteiger partial charge in [0.05, 0.1) is 7.11 Å². The highest BCUT2D eigenvalue weighted by molar-refractivity contribution is 5.51. The van der Waals surface area contributed by atoms with Crippen LogP contribution in [0.4, 0.5) is 5.69 Å². The highest BCUT2D eigenvalue weighted by Gasteiger charge is 2.14. The van der Waals surface area contributed by atoms with E-state index < -0.39 is 0 Å². The maximum absolute atomic E-state index is 5.43. The van der Waals surface area contributed by atoms with Gasteiger partial charge in [-0.15, -0.1) is 0 Å². The van der Waals surface area contributed by atoms with Crippen molar-refractivity contribution in [2.75, 3.05) is 32.6 Å². The van der Waals surface area contributed by atoms with Crippen LogP contribution in [0, 0.1) is 0 Å². The second-order valence-electron chi connectivity index (χ2n) is 4.26. The second-order valence-corrected chi connectivity index (χ2v) is 4.26. The van der Waals surface area contributed by atoms with Crippen LogP contribution in [0.1, 0.15) is 18.4 Å². The van der Waals surface area contributed by atoms with Gasteiger partial charge >= 0.3 is 0 Å². The molecular weight excluding hydrogens is 200 g/mol. The number of ether oxygens (including phenoxy) is 1. The van der Waals surface area contributed by atoms with Gasteiger partial charge in [0.2, 0.25) is 0 Å². The van der Waals surface area contributed by atoms with E-state index in [0.29, 0.717) is 0 Å². The third-order valence-corrected chi connectivity index (χ3v) is 3.17. The summed E-state index contributed by atoms with van der Waals surface area (Å²) in [6.45, 7) is 3.45. The number of hydrogen-bond donors (Lipinski definition) is 1. The van der Waals surface area contributed by atoms with Crippen molar-refractivity contribution in [2.24, 2.45) is 0 Å². The Morgan fingerprint density at radius 2 is 2.06 bits per heavy atom. The van der Waals surface area contributed by atoms with Crippen LogP contribution in [0.5, 0.6) is 5.75 Å². The summed E-state index contributed by atoms with van der Waals surface area (Å²) in [6.07, 6.45) is 2.66. The van der Waals surface area contributed by atoms with Crippen molar-refractivity contribution in [1.82, 2.24) is 4.90 Å². The average molecular weight is 220 g/mol. The summed E-state index contributed by atoms with van der Waals surface area (Å²) in [5.74, 6) is 0.985. The Labute approximate surface area is 97.4 Å². The molecule has 1 aromatic rings. The summed E-state index contributed by atoms with van der Waals surface area (Å²) in [7, 11) is 3.66. The molecule has 2 rings (SSSR count). The lowest BCUT2D eigenvalue weighted by Crippen LogP contribution is -2.18. The fraction of sp³-hybridized carbons (Fsp3) is 0.538. The van der Waals surface area contributed by atoms with E-state index in [4.69, 9.17) is 4.74 Å². The molecule has 88 valence electrons. The monoisotopic (exact) mass is 220 g/mol. The molecule has 1 aliphatic rings. The largest absolute Gasteiger partial charge is 0.496 e. The van der Waals surface area contributed by atoms with Gasteiger partial charge in [0.1, 0.15) is 5.75 Å². The molecule has 16 heavy (non-hydrogen) atoms. The molecule has 0 amide bonds. The van der Waals surface area contributed by atoms with Gasteiger partial charge in [-0.1, -0.05) is 6.07 Å². The van der Waals surface area contributed by atoms with Gasteiger partial charge < -0.3 is 10.1 Å². The van der Waals surface area contributed by atoms with E-state index in [2.05, 4.69) is 28.4 Å². The smallest absolute Gasteiger partial charge is 0.125 e. The first-order valence-electron chi connectivity index (χ1n) is 5.90. The number of nitrogens with zero attached hydrogens (tertiary/aromatic N) is 1. The van der Waals surface area contributed by atoms with Gasteiger partial charge in [-0.05, 0) is 32.0 Å². The molecule has 0 saturated carbocycles. The summed E-state index contributed by atoms with van der Waals surface area (Å²) in [4.78, 5) is 2.48. The molecule has 1 fully saturated rings. The molecule has 1 saturated heterocycles. The van der Waals surface area contributed by atoms with Crippen molar-refractivity contribution >= 4 is 5.69 Å². The van der Waals surface area contributed by atoms with Gasteiger partial charge in [-0.3, -0.25) is 4.90 Å². The molecule has 1 heterocycles. The van der Waals surface area contributed by atoms with E-state index >= 15 is 0 Å². The molecule has 0 radical (unpaired) electrons. The zero-order chi connectivity index (χ0) is 11.4. The van der Waals surface area contributed by atoms with Crippen LogP contribution in [-0.4, -0.2) is 32.1 Å². The predicted octanol–water partition coefficient (Wildman–Crippen LogP) is 2.33. The zero-order valence-corrected chi connectivity index (χ0v) is 10.1. The molecular formula is C13H20N2O. The number of methoxy groups -OCH3 is 1. The van der Waals surface area contributed by atoms with Crippen molar-refractivity contribution in [3.05, 3.63) is 23.8 Å². The molecule has 0 atom stereocenters. The minimum Gasteiger partial charge on any atom is -0.496 e. The summed E-state index contributed by atoms with van der Waals surface area (Å²) in [6, 6.07) is 6.32. The number of benzene rings is 1. The first-order valence-corrected chi connectivity index (χ1v) is 5.90. The van der Waals surface area contributed by atoms with Gasteiger partial charge in [0, 0.05) is 30.9 Å². The molecule has 3 nitrogen and oxygen atoms in total. The van der Waals surface area contributed by atoms with E-state index in [9.17, 15) is 0 Å². The number of rotatable bonds is 4. The lowest BCUT2D eigenvalue weighted by Gasteiger charge is -2.17. The standard InChI is InChI=1S/C13H20N2O/c1-14-12-6-5-11(13(9-12)16-2)10-15-7-3-4-8-15/h5-6,9,14H,3-4,7-8,10H2,1-2H3. The lowest BCUT2D eigenvalue weighted by atomic mass is 10.1. The predicted molar refractivity (Wildman–Crippen MR) is 67.1 cm³/mol. The van der Waals surface area contributed by atoms with Gasteiger partial charge in [-0.2, -0.15) is 0 Å². The van der Waals surface area contributed by atoms with Gasteiger partial charge in [0.15, 0.2) is 0 Å². The maximum atomic E-state index is 5.43. The topological polar surface area (TPSA) is 24.5 Å². The first kappa shape index (κ1) is 11.3. The fourth-order valence-corrected chi connectivity index (χ4v) is 2.21. The minimum atomic E-state index is 0.985. The Morgan fingerprint density at radius 3 is 2.69 bits per heavy atom. The molecule has 0 aliphatic carbocycles. The van der Waals surface area contributed by atoms with Crippen molar-refractivity contribution in [2.45, 2.75) is 19.4 Å². The van der Waals surface area contributed by atoms with Crippen LogP contribution < -0.4 is 10.1 Å². The Balaban J connectivity index is 2.12. The Morgan fingerprint density at radius 1 is 1.31 bits per heavy atom. The summed E-state index contributed by atoms with van der Waals surface area (Å²) in [5.41, 5.74) is 2.38. The highest BCUT2D eigenvalue weighted by atomic mass is 16.5. The normalized spacial score (nSPS) is 16.4. The Kier molecular flexibility index (Phi) is 3.67. The minimum absolute atomic E-state index is 0.985. The van der Waals surface area contributed by atoms with Crippen molar-refractivity contribution in [1.29, 1.82) is 0 Å². The molecule has 0 spiro atoms.